The Morgan fingerprint density at radius 3 is 2.33 bits per heavy atom. The zero-order valence-electron chi connectivity index (χ0n) is 16.1. The molecule has 1 atom stereocenters. The lowest BCUT2D eigenvalue weighted by Gasteiger charge is -2.22. The quantitative estimate of drug-likeness (QED) is 0.823. The van der Waals surface area contributed by atoms with Crippen molar-refractivity contribution in [3.63, 3.8) is 0 Å². The lowest BCUT2D eigenvalue weighted by atomic mass is 10.1. The Kier molecular flexibility index (Phi) is 6.71. The van der Waals surface area contributed by atoms with E-state index in [1.807, 2.05) is 38.1 Å². The lowest BCUT2D eigenvalue weighted by molar-refractivity contribution is -0.134. The van der Waals surface area contributed by atoms with Gasteiger partial charge in [0.25, 0.3) is 5.91 Å². The zero-order valence-corrected chi connectivity index (χ0v) is 16.1. The molecule has 0 aliphatic heterocycles. The van der Waals surface area contributed by atoms with Crippen LogP contribution >= 0.6 is 0 Å². The second-order valence-corrected chi connectivity index (χ2v) is 6.55. The molecule has 3 amide bonds. The summed E-state index contributed by atoms with van der Waals surface area (Å²) in [6.07, 6.45) is 0. The Balaban J connectivity index is 1.91. The summed E-state index contributed by atoms with van der Waals surface area (Å²) >= 11 is 0. The molecule has 0 spiro atoms. The normalized spacial score (nSPS) is 11.4. The molecule has 0 aromatic heterocycles. The number of carbonyl (C=O) groups excluding carboxylic acids is 3. The monoisotopic (exact) mass is 367 g/mol. The minimum Gasteiger partial charge on any atom is -0.341 e. The molecule has 0 heterocycles. The molecule has 0 saturated heterocycles. The minimum atomic E-state index is -0.740. The smallest absolute Gasteiger partial charge is 0.251 e. The maximum absolute atomic E-state index is 12.4. The fraction of sp³-hybridized carbons (Fsp3) is 0.286. The molecule has 0 saturated carbocycles. The largest absolute Gasteiger partial charge is 0.341 e. The fourth-order valence-corrected chi connectivity index (χ4v) is 2.63. The standard InChI is InChI=1S/C21H25N3O3/c1-14-9-8-12-18(15(14)2)23-19(25)13-24(4)21(27)16(3)22-20(26)17-10-6-5-7-11-17/h5-12,16H,13H2,1-4H3,(H,22,26)(H,23,25). The van der Waals surface area contributed by atoms with Gasteiger partial charge in [-0.15, -0.1) is 0 Å². The van der Waals surface area contributed by atoms with Gasteiger partial charge in [-0.25, -0.2) is 0 Å². The number of likely N-dealkylation sites (N-methyl/N-ethyl adjacent to an activating group) is 1. The van der Waals surface area contributed by atoms with Crippen molar-refractivity contribution in [1.29, 1.82) is 0 Å². The summed E-state index contributed by atoms with van der Waals surface area (Å²) in [6, 6.07) is 13.6. The van der Waals surface area contributed by atoms with Crippen LogP contribution < -0.4 is 10.6 Å². The minimum absolute atomic E-state index is 0.0994. The molecule has 0 aliphatic rings. The Morgan fingerprint density at radius 2 is 1.67 bits per heavy atom. The third-order valence-electron chi connectivity index (χ3n) is 4.39. The number of amides is 3. The summed E-state index contributed by atoms with van der Waals surface area (Å²) in [5, 5.41) is 5.48. The van der Waals surface area contributed by atoms with Crippen molar-refractivity contribution in [2.24, 2.45) is 0 Å². The first-order valence-electron chi connectivity index (χ1n) is 8.76. The molecule has 0 fully saturated rings. The van der Waals surface area contributed by atoms with Gasteiger partial charge in [-0.2, -0.15) is 0 Å². The van der Waals surface area contributed by atoms with Gasteiger partial charge in [0, 0.05) is 18.3 Å². The van der Waals surface area contributed by atoms with Crippen LogP contribution in [-0.2, 0) is 9.59 Å². The van der Waals surface area contributed by atoms with Crippen LogP contribution in [0.25, 0.3) is 0 Å². The first-order chi connectivity index (χ1) is 12.8. The zero-order chi connectivity index (χ0) is 20.0. The molecule has 0 radical (unpaired) electrons. The topological polar surface area (TPSA) is 78.5 Å². The van der Waals surface area contributed by atoms with E-state index in [0.29, 0.717) is 5.56 Å². The van der Waals surface area contributed by atoms with Crippen LogP contribution in [0.4, 0.5) is 5.69 Å². The Bertz CT molecular complexity index is 834. The van der Waals surface area contributed by atoms with Gasteiger partial charge in [0.05, 0.1) is 6.54 Å². The number of anilines is 1. The molecule has 1 unspecified atom stereocenters. The fourth-order valence-electron chi connectivity index (χ4n) is 2.63. The average molecular weight is 367 g/mol. The highest BCUT2D eigenvalue weighted by molar-refractivity contribution is 5.99. The molecule has 6 heteroatoms. The van der Waals surface area contributed by atoms with Crippen LogP contribution in [0.1, 0.15) is 28.4 Å². The van der Waals surface area contributed by atoms with Crippen molar-refractivity contribution in [3.05, 3.63) is 65.2 Å². The van der Waals surface area contributed by atoms with Gasteiger partial charge in [0.1, 0.15) is 6.04 Å². The van der Waals surface area contributed by atoms with Crippen LogP contribution in [0.3, 0.4) is 0 Å². The van der Waals surface area contributed by atoms with E-state index in [2.05, 4.69) is 10.6 Å². The van der Waals surface area contributed by atoms with Gasteiger partial charge in [-0.1, -0.05) is 30.3 Å². The van der Waals surface area contributed by atoms with Crippen LogP contribution in [0.5, 0.6) is 0 Å². The van der Waals surface area contributed by atoms with E-state index in [0.717, 1.165) is 16.8 Å². The molecule has 2 aromatic rings. The van der Waals surface area contributed by atoms with Crippen molar-refractivity contribution in [3.8, 4) is 0 Å². The number of aryl methyl sites for hydroxylation is 1. The molecule has 142 valence electrons. The molecule has 2 rings (SSSR count). The predicted molar refractivity (Wildman–Crippen MR) is 106 cm³/mol. The van der Waals surface area contributed by atoms with Gasteiger partial charge in [-0.05, 0) is 50.1 Å². The maximum atomic E-state index is 12.4. The van der Waals surface area contributed by atoms with Gasteiger partial charge in [0.2, 0.25) is 11.8 Å². The van der Waals surface area contributed by atoms with E-state index in [-0.39, 0.29) is 24.3 Å². The van der Waals surface area contributed by atoms with E-state index >= 15 is 0 Å². The summed E-state index contributed by atoms with van der Waals surface area (Å²) in [5.41, 5.74) is 3.27. The molecule has 6 nitrogen and oxygen atoms in total. The highest BCUT2D eigenvalue weighted by Gasteiger charge is 2.21. The number of nitrogens with zero attached hydrogens (tertiary/aromatic N) is 1. The molecule has 2 aromatic carbocycles. The van der Waals surface area contributed by atoms with E-state index in [1.165, 1.54) is 11.9 Å². The number of hydrogen-bond donors (Lipinski definition) is 2. The summed E-state index contributed by atoms with van der Waals surface area (Å²) in [6.45, 7) is 5.40. The highest BCUT2D eigenvalue weighted by Crippen LogP contribution is 2.17. The third kappa shape index (κ3) is 5.41. The van der Waals surface area contributed by atoms with Gasteiger partial charge in [-0.3, -0.25) is 14.4 Å². The molecule has 2 N–H and O–H groups in total. The van der Waals surface area contributed by atoms with Crippen LogP contribution in [0, 0.1) is 13.8 Å². The molecule has 27 heavy (non-hydrogen) atoms. The molecular weight excluding hydrogens is 342 g/mol. The number of carbonyl (C=O) groups is 3. The van der Waals surface area contributed by atoms with E-state index in [4.69, 9.17) is 0 Å². The second-order valence-electron chi connectivity index (χ2n) is 6.55. The average Bonchev–Trinajstić information content (AvgIpc) is 2.65. The number of nitrogens with one attached hydrogen (secondary N) is 2. The van der Waals surface area contributed by atoms with Crippen molar-refractivity contribution in [2.45, 2.75) is 26.8 Å². The SMILES string of the molecule is Cc1cccc(NC(=O)CN(C)C(=O)C(C)NC(=O)c2ccccc2)c1C. The van der Waals surface area contributed by atoms with Crippen molar-refractivity contribution in [1.82, 2.24) is 10.2 Å². The number of benzene rings is 2. The van der Waals surface area contributed by atoms with Gasteiger partial charge < -0.3 is 15.5 Å². The highest BCUT2D eigenvalue weighted by atomic mass is 16.2. The number of rotatable bonds is 6. The van der Waals surface area contributed by atoms with Gasteiger partial charge >= 0.3 is 0 Å². The Hall–Kier alpha value is -3.15. The Morgan fingerprint density at radius 1 is 1.00 bits per heavy atom. The summed E-state index contributed by atoms with van der Waals surface area (Å²) < 4.78 is 0. The van der Waals surface area contributed by atoms with E-state index < -0.39 is 6.04 Å². The summed E-state index contributed by atoms with van der Waals surface area (Å²) in [7, 11) is 1.54. The van der Waals surface area contributed by atoms with Crippen molar-refractivity contribution in [2.75, 3.05) is 18.9 Å². The summed E-state index contributed by atoms with van der Waals surface area (Å²) in [5.74, 6) is -0.957. The molecular formula is C21H25N3O3. The summed E-state index contributed by atoms with van der Waals surface area (Å²) in [4.78, 5) is 38.2. The van der Waals surface area contributed by atoms with Gasteiger partial charge in [0.15, 0.2) is 0 Å². The van der Waals surface area contributed by atoms with E-state index in [9.17, 15) is 14.4 Å². The van der Waals surface area contributed by atoms with Crippen molar-refractivity contribution < 1.29 is 14.4 Å². The first-order valence-corrected chi connectivity index (χ1v) is 8.76. The Labute approximate surface area is 159 Å². The first kappa shape index (κ1) is 20.2. The predicted octanol–water partition coefficient (Wildman–Crippen LogP) is 2.52. The lowest BCUT2D eigenvalue weighted by Crippen LogP contribution is -2.47. The van der Waals surface area contributed by atoms with Crippen LogP contribution in [-0.4, -0.2) is 42.3 Å². The van der Waals surface area contributed by atoms with E-state index in [1.54, 1.807) is 31.2 Å². The van der Waals surface area contributed by atoms with Crippen molar-refractivity contribution >= 4 is 23.4 Å². The van der Waals surface area contributed by atoms with Crippen LogP contribution in [0.2, 0.25) is 0 Å². The number of hydrogen-bond acceptors (Lipinski definition) is 3. The molecule has 0 aliphatic carbocycles. The molecule has 0 bridgehead atoms. The second kappa shape index (κ2) is 8.98. The third-order valence-corrected chi connectivity index (χ3v) is 4.39. The van der Waals surface area contributed by atoms with Crippen LogP contribution in [0.15, 0.2) is 48.5 Å². The maximum Gasteiger partial charge on any atom is 0.251 e.